The Morgan fingerprint density at radius 2 is 1.64 bits per heavy atom. The van der Waals surface area contributed by atoms with Crippen LogP contribution in [0.3, 0.4) is 0 Å². The van der Waals surface area contributed by atoms with Crippen molar-refractivity contribution in [1.29, 1.82) is 0 Å². The topological polar surface area (TPSA) is 95.3 Å². The van der Waals surface area contributed by atoms with Crippen molar-refractivity contribution in [2.75, 3.05) is 0 Å². The van der Waals surface area contributed by atoms with E-state index >= 15 is 0 Å². The number of rotatable bonds is 3. The summed E-state index contributed by atoms with van der Waals surface area (Å²) in [5.74, 6) is -3.91. The number of primary sulfonamides is 1. The average Bonchev–Trinajstić information content (AvgIpc) is 2.90. The monoisotopic (exact) mass is 370 g/mol. The van der Waals surface area contributed by atoms with Gasteiger partial charge in [0.25, 0.3) is 0 Å². The molecule has 6 nitrogen and oxygen atoms in total. The van der Waals surface area contributed by atoms with E-state index in [1.54, 1.807) is 0 Å². The first kappa shape index (κ1) is 17.0. The molecule has 3 rings (SSSR count). The molecule has 2 N–H and O–H groups in total. The van der Waals surface area contributed by atoms with Crippen LogP contribution in [0, 0.1) is 17.5 Å². The van der Waals surface area contributed by atoms with Crippen LogP contribution in [-0.2, 0) is 10.0 Å². The van der Waals surface area contributed by atoms with E-state index in [0.717, 1.165) is 23.0 Å². The first-order valence-corrected chi connectivity index (χ1v) is 8.22. The lowest BCUT2D eigenvalue weighted by Gasteiger charge is -2.09. The van der Waals surface area contributed by atoms with E-state index < -0.39 is 43.7 Å². The van der Waals surface area contributed by atoms with Crippen LogP contribution in [0.15, 0.2) is 56.8 Å². The van der Waals surface area contributed by atoms with Crippen molar-refractivity contribution in [2.45, 2.75) is 4.90 Å². The molecule has 0 radical (unpaired) electrons. The van der Waals surface area contributed by atoms with Crippen molar-refractivity contribution in [3.63, 3.8) is 0 Å². The van der Waals surface area contributed by atoms with Gasteiger partial charge in [0, 0.05) is 5.56 Å². The molecule has 1 aromatic heterocycles. The van der Waals surface area contributed by atoms with E-state index in [1.165, 1.54) is 12.1 Å². The lowest BCUT2D eigenvalue weighted by Crippen LogP contribution is -2.16. The second kappa shape index (κ2) is 5.90. The molecule has 0 fully saturated rings. The lowest BCUT2D eigenvalue weighted by atomic mass is 10.1. The van der Waals surface area contributed by atoms with Crippen molar-refractivity contribution in [3.8, 4) is 16.9 Å². The van der Waals surface area contributed by atoms with Gasteiger partial charge in [-0.1, -0.05) is 0 Å². The van der Waals surface area contributed by atoms with Crippen LogP contribution in [0.5, 0.6) is 0 Å². The van der Waals surface area contributed by atoms with Crippen LogP contribution >= 0.6 is 0 Å². The first-order valence-electron chi connectivity index (χ1n) is 6.67. The second-order valence-electron chi connectivity index (χ2n) is 5.01. The molecule has 0 saturated carbocycles. The molecule has 0 saturated heterocycles. The van der Waals surface area contributed by atoms with Crippen LogP contribution in [0.25, 0.3) is 16.9 Å². The molecule has 0 amide bonds. The van der Waals surface area contributed by atoms with Crippen molar-refractivity contribution >= 4 is 10.0 Å². The molecule has 0 aliphatic carbocycles. The smallest absolute Gasteiger partial charge is 0.415 e. The van der Waals surface area contributed by atoms with Gasteiger partial charge in [-0.15, -0.1) is 0 Å². The number of sulfonamides is 1. The third kappa shape index (κ3) is 3.08. The number of nitrogens with two attached hydrogens (primary N) is 1. The summed E-state index contributed by atoms with van der Waals surface area (Å²) in [5, 5.41) is 4.81. The fraction of sp³-hybridized carbons (Fsp3) is 0. The van der Waals surface area contributed by atoms with Gasteiger partial charge in [0.05, 0.1) is 11.4 Å². The van der Waals surface area contributed by atoms with Crippen LogP contribution in [0.4, 0.5) is 13.2 Å². The number of halogens is 3. The van der Waals surface area contributed by atoms with Crippen molar-refractivity contribution in [1.82, 2.24) is 4.57 Å². The van der Waals surface area contributed by atoms with Crippen LogP contribution < -0.4 is 10.9 Å². The van der Waals surface area contributed by atoms with E-state index in [1.807, 2.05) is 0 Å². The van der Waals surface area contributed by atoms with E-state index in [-0.39, 0.29) is 11.4 Å². The molecule has 130 valence electrons. The Labute approximate surface area is 139 Å². The Balaban J connectivity index is 2.24. The van der Waals surface area contributed by atoms with Gasteiger partial charge in [-0.05, 0) is 36.4 Å². The van der Waals surface area contributed by atoms with Gasteiger partial charge in [0.2, 0.25) is 10.0 Å². The van der Waals surface area contributed by atoms with E-state index in [2.05, 4.69) is 0 Å². The second-order valence-corrected chi connectivity index (χ2v) is 6.54. The molecule has 0 atom stereocenters. The summed E-state index contributed by atoms with van der Waals surface area (Å²) < 4.78 is 69.4. The number of nitrogens with zero attached hydrogens (tertiary/aromatic N) is 1. The number of oxazole rings is 1. The summed E-state index contributed by atoms with van der Waals surface area (Å²) in [6, 6.07) is 5.61. The quantitative estimate of drug-likeness (QED) is 0.764. The summed E-state index contributed by atoms with van der Waals surface area (Å²) >= 11 is 0. The summed E-state index contributed by atoms with van der Waals surface area (Å²) in [6.07, 6.45) is 0.875. The predicted molar refractivity (Wildman–Crippen MR) is 81.0 cm³/mol. The Bertz CT molecular complexity index is 1120. The van der Waals surface area contributed by atoms with Gasteiger partial charge in [0.15, 0.2) is 0 Å². The zero-order valence-corrected chi connectivity index (χ0v) is 13.1. The maximum atomic E-state index is 14.3. The van der Waals surface area contributed by atoms with Crippen LogP contribution in [-0.4, -0.2) is 13.0 Å². The van der Waals surface area contributed by atoms with Gasteiger partial charge in [-0.25, -0.2) is 36.1 Å². The summed E-state index contributed by atoms with van der Waals surface area (Å²) in [7, 11) is -4.47. The van der Waals surface area contributed by atoms with E-state index in [4.69, 9.17) is 9.56 Å². The minimum Gasteiger partial charge on any atom is -0.415 e. The zero-order chi connectivity index (χ0) is 18.4. The Kier molecular flexibility index (Phi) is 4.01. The lowest BCUT2D eigenvalue weighted by molar-refractivity contribution is 0.504. The number of aromatic nitrogens is 1. The molecule has 2 aromatic carbocycles. The molecule has 0 spiro atoms. The molecule has 0 bridgehead atoms. The minimum absolute atomic E-state index is 0.144. The average molecular weight is 370 g/mol. The highest BCUT2D eigenvalue weighted by Gasteiger charge is 2.22. The Morgan fingerprint density at radius 3 is 2.24 bits per heavy atom. The maximum Gasteiger partial charge on any atom is 0.424 e. The Morgan fingerprint density at radius 1 is 1.00 bits per heavy atom. The largest absolute Gasteiger partial charge is 0.424 e. The fourth-order valence-corrected chi connectivity index (χ4v) is 2.87. The van der Waals surface area contributed by atoms with Crippen molar-refractivity contribution in [2.24, 2.45) is 5.14 Å². The van der Waals surface area contributed by atoms with E-state index in [0.29, 0.717) is 12.1 Å². The first-order chi connectivity index (χ1) is 11.7. The normalized spacial score (nSPS) is 11.7. The molecule has 3 aromatic rings. The third-order valence-corrected chi connectivity index (χ3v) is 4.31. The minimum atomic E-state index is -4.47. The molecule has 1 heterocycles. The van der Waals surface area contributed by atoms with Crippen molar-refractivity contribution in [3.05, 3.63) is 70.7 Å². The zero-order valence-electron chi connectivity index (χ0n) is 12.2. The van der Waals surface area contributed by atoms with Crippen LogP contribution in [0.1, 0.15) is 0 Å². The van der Waals surface area contributed by atoms with Gasteiger partial charge in [0.1, 0.15) is 28.6 Å². The number of hydrogen-bond donors (Lipinski definition) is 1. The van der Waals surface area contributed by atoms with Crippen LogP contribution in [0.2, 0.25) is 0 Å². The number of hydrogen-bond acceptors (Lipinski definition) is 4. The van der Waals surface area contributed by atoms with E-state index in [9.17, 15) is 26.4 Å². The standard InChI is InChI=1S/C15H9F3N2O4S/c16-8-1-3-9(4-2-8)20-13(7-24-15(20)21)10-5-12(18)14(6-11(10)17)25(19,22)23/h1-7H,(H2,19,22,23). The molecule has 0 unspecified atom stereocenters. The predicted octanol–water partition coefficient (Wildman–Crippen LogP) is 2.16. The number of benzene rings is 2. The fourth-order valence-electron chi connectivity index (χ4n) is 2.27. The van der Waals surface area contributed by atoms with Gasteiger partial charge >= 0.3 is 5.76 Å². The third-order valence-electron chi connectivity index (χ3n) is 3.38. The SMILES string of the molecule is NS(=O)(=O)c1cc(F)c(-c2coc(=O)n2-c2ccc(F)cc2)cc1F. The molecular formula is C15H9F3N2O4S. The van der Waals surface area contributed by atoms with Gasteiger partial charge < -0.3 is 4.42 Å². The highest BCUT2D eigenvalue weighted by molar-refractivity contribution is 7.89. The molecule has 25 heavy (non-hydrogen) atoms. The highest BCUT2D eigenvalue weighted by Crippen LogP contribution is 2.28. The Hall–Kier alpha value is -2.85. The molecular weight excluding hydrogens is 361 g/mol. The molecule has 0 aliphatic heterocycles. The summed E-state index contributed by atoms with van der Waals surface area (Å²) in [4.78, 5) is 10.9. The maximum absolute atomic E-state index is 14.3. The van der Waals surface area contributed by atoms with Gasteiger partial charge in [-0.3, -0.25) is 0 Å². The van der Waals surface area contributed by atoms with Gasteiger partial charge in [-0.2, -0.15) is 0 Å². The molecule has 10 heteroatoms. The van der Waals surface area contributed by atoms with Crippen molar-refractivity contribution < 1.29 is 26.0 Å². The summed E-state index contributed by atoms with van der Waals surface area (Å²) in [5.41, 5.74) is -0.473. The summed E-state index contributed by atoms with van der Waals surface area (Å²) in [6.45, 7) is 0. The molecule has 0 aliphatic rings. The highest BCUT2D eigenvalue weighted by atomic mass is 32.2.